The molecule has 2 aliphatic heterocycles. The van der Waals surface area contributed by atoms with Crippen molar-refractivity contribution in [3.63, 3.8) is 0 Å². The normalized spacial score (nSPS) is 18.8. The Bertz CT molecular complexity index is 1020. The molecule has 3 N–H and O–H groups in total. The van der Waals surface area contributed by atoms with Crippen LogP contribution in [0.4, 0.5) is 5.82 Å². The first-order valence-electron chi connectivity index (χ1n) is 12.0. The van der Waals surface area contributed by atoms with Crippen molar-refractivity contribution >= 4 is 17.7 Å². The molecule has 0 aliphatic carbocycles. The number of carbonyl (C=O) groups is 2. The van der Waals surface area contributed by atoms with Gasteiger partial charge in [0.1, 0.15) is 18.4 Å². The predicted octanol–water partition coefficient (Wildman–Crippen LogP) is 1.50. The van der Waals surface area contributed by atoms with E-state index in [-0.39, 0.29) is 18.6 Å². The number of aliphatic carboxylic acids is 1. The average Bonchev–Trinajstić information content (AvgIpc) is 3.40. The van der Waals surface area contributed by atoms with Crippen LogP contribution in [-0.2, 0) is 33.9 Å². The molecule has 0 saturated carbocycles. The number of amides is 1. The molecule has 0 bridgehead atoms. The Balaban J connectivity index is 1.20. The molecular formula is C24H34N6O4. The van der Waals surface area contributed by atoms with Gasteiger partial charge in [0.05, 0.1) is 24.1 Å². The van der Waals surface area contributed by atoms with E-state index < -0.39 is 12.0 Å². The maximum atomic E-state index is 12.4. The maximum absolute atomic E-state index is 12.4. The third kappa shape index (κ3) is 6.32. The number of fused-ring (bicyclic) bond motifs is 1. The number of carboxylic acid groups (broad SMARTS) is 1. The van der Waals surface area contributed by atoms with E-state index in [0.29, 0.717) is 19.6 Å². The van der Waals surface area contributed by atoms with E-state index in [0.717, 1.165) is 61.8 Å². The highest BCUT2D eigenvalue weighted by molar-refractivity contribution is 5.83. The number of hydrogen-bond acceptors (Lipinski definition) is 7. The Hall–Kier alpha value is -2.98. The molecule has 2 aliphatic rings. The molecule has 10 nitrogen and oxygen atoms in total. The van der Waals surface area contributed by atoms with Gasteiger partial charge in [-0.3, -0.25) is 9.48 Å². The number of nitrogens with zero attached hydrogens (tertiary/aromatic N) is 4. The van der Waals surface area contributed by atoms with E-state index in [1.165, 1.54) is 5.56 Å². The highest BCUT2D eigenvalue weighted by Gasteiger charge is 2.26. The van der Waals surface area contributed by atoms with Crippen LogP contribution in [-0.4, -0.2) is 75.0 Å². The predicted molar refractivity (Wildman–Crippen MR) is 127 cm³/mol. The molecule has 2 aromatic rings. The Kier molecular flexibility index (Phi) is 7.79. The number of ether oxygens (including phenoxy) is 1. The third-order valence-corrected chi connectivity index (χ3v) is 6.41. The van der Waals surface area contributed by atoms with Gasteiger partial charge in [0, 0.05) is 31.9 Å². The monoisotopic (exact) mass is 470 g/mol. The van der Waals surface area contributed by atoms with Gasteiger partial charge in [-0.2, -0.15) is 5.10 Å². The number of hydrogen-bond donors (Lipinski definition) is 3. The fourth-order valence-corrected chi connectivity index (χ4v) is 4.57. The zero-order valence-electron chi connectivity index (χ0n) is 19.9. The summed E-state index contributed by atoms with van der Waals surface area (Å²) in [5, 5.41) is 19.8. The van der Waals surface area contributed by atoms with Gasteiger partial charge >= 0.3 is 5.97 Å². The van der Waals surface area contributed by atoms with E-state index in [1.807, 2.05) is 26.0 Å². The van der Waals surface area contributed by atoms with E-state index in [9.17, 15) is 14.7 Å². The zero-order valence-corrected chi connectivity index (χ0v) is 19.9. The summed E-state index contributed by atoms with van der Waals surface area (Å²) in [5.41, 5.74) is 3.87. The van der Waals surface area contributed by atoms with Crippen LogP contribution in [0, 0.1) is 13.8 Å². The van der Waals surface area contributed by atoms with Gasteiger partial charge in [-0.1, -0.05) is 6.07 Å². The summed E-state index contributed by atoms with van der Waals surface area (Å²) in [5.74, 6) is -0.408. The molecule has 184 valence electrons. The molecule has 4 heterocycles. The van der Waals surface area contributed by atoms with Crippen molar-refractivity contribution < 1.29 is 19.4 Å². The number of nitrogens with one attached hydrogen (secondary N) is 2. The second-order valence-electron chi connectivity index (χ2n) is 9.19. The molecule has 4 rings (SSSR count). The average molecular weight is 471 g/mol. The van der Waals surface area contributed by atoms with Crippen molar-refractivity contribution in [3.8, 4) is 0 Å². The second-order valence-corrected chi connectivity index (χ2v) is 9.19. The Morgan fingerprint density at radius 3 is 2.97 bits per heavy atom. The molecule has 10 heteroatoms. The molecule has 2 atom stereocenters. The molecule has 0 aromatic carbocycles. The molecule has 0 spiro atoms. The summed E-state index contributed by atoms with van der Waals surface area (Å²) in [6, 6.07) is 5.11. The first-order valence-corrected chi connectivity index (χ1v) is 12.0. The van der Waals surface area contributed by atoms with Gasteiger partial charge in [-0.15, -0.1) is 0 Å². The molecule has 2 aromatic heterocycles. The summed E-state index contributed by atoms with van der Waals surface area (Å²) in [6.45, 7) is 7.33. The van der Waals surface area contributed by atoms with Crippen molar-refractivity contribution in [2.24, 2.45) is 0 Å². The summed E-state index contributed by atoms with van der Waals surface area (Å²) >= 11 is 0. The number of likely N-dealkylation sites (tertiary alicyclic amines) is 1. The maximum Gasteiger partial charge on any atom is 0.326 e. The van der Waals surface area contributed by atoms with Crippen LogP contribution in [0.15, 0.2) is 18.2 Å². The van der Waals surface area contributed by atoms with Crippen LogP contribution in [0.2, 0.25) is 0 Å². The Labute approximate surface area is 199 Å². The molecular weight excluding hydrogens is 436 g/mol. The number of pyridine rings is 1. The smallest absolute Gasteiger partial charge is 0.326 e. The number of anilines is 1. The van der Waals surface area contributed by atoms with Crippen molar-refractivity contribution in [3.05, 3.63) is 40.8 Å². The molecule has 0 radical (unpaired) electrons. The summed E-state index contributed by atoms with van der Waals surface area (Å²) < 4.78 is 7.66. The first kappa shape index (κ1) is 24.2. The van der Waals surface area contributed by atoms with Gasteiger partial charge in [-0.25, -0.2) is 9.78 Å². The van der Waals surface area contributed by atoms with Gasteiger partial charge in [0.15, 0.2) is 0 Å². The van der Waals surface area contributed by atoms with E-state index in [2.05, 4.69) is 31.7 Å². The van der Waals surface area contributed by atoms with Gasteiger partial charge in [0.2, 0.25) is 5.91 Å². The lowest BCUT2D eigenvalue weighted by Crippen LogP contribution is -2.44. The lowest BCUT2D eigenvalue weighted by Gasteiger charge is -2.20. The van der Waals surface area contributed by atoms with Crippen molar-refractivity contribution in [2.45, 2.75) is 64.8 Å². The van der Waals surface area contributed by atoms with Gasteiger partial charge in [0.25, 0.3) is 0 Å². The second kappa shape index (κ2) is 11.0. The minimum Gasteiger partial charge on any atom is -0.480 e. The topological polar surface area (TPSA) is 122 Å². The fourth-order valence-electron chi connectivity index (χ4n) is 4.57. The standard InChI is InChI=1S/C24H34N6O4/c1-16-12-17(2)30(28-16)14-22(31)27-21(24(32)33)8-11-29-10-7-20(13-29)34-15-19-6-5-18-4-3-9-25-23(18)26-19/h5-6,12,20-21H,3-4,7-11,13-15H2,1-2H3,(H,25,26)(H,27,31)(H,32,33)/t20-,21+/m1/s1. The Morgan fingerprint density at radius 1 is 1.35 bits per heavy atom. The SMILES string of the molecule is Cc1cc(C)n(CC(=O)N[C@@H](CCN2CC[C@@H](OCc3ccc4c(n3)NCCC4)C2)C(=O)O)n1. The van der Waals surface area contributed by atoms with E-state index in [4.69, 9.17) is 4.74 Å². The van der Waals surface area contributed by atoms with Crippen molar-refractivity contribution in [2.75, 3.05) is 31.5 Å². The number of aryl methyl sites for hydroxylation is 3. The zero-order chi connectivity index (χ0) is 24.1. The number of carbonyl (C=O) groups excluding carboxylic acids is 1. The summed E-state index contributed by atoms with van der Waals surface area (Å²) in [7, 11) is 0. The number of rotatable bonds is 10. The minimum atomic E-state index is -1.03. The molecule has 1 fully saturated rings. The van der Waals surface area contributed by atoms with Crippen LogP contribution in [0.1, 0.15) is 41.9 Å². The summed E-state index contributed by atoms with van der Waals surface area (Å²) in [4.78, 5) is 30.9. The van der Waals surface area contributed by atoms with Crippen LogP contribution in [0.3, 0.4) is 0 Å². The lowest BCUT2D eigenvalue weighted by molar-refractivity contribution is -0.142. The van der Waals surface area contributed by atoms with E-state index >= 15 is 0 Å². The highest BCUT2D eigenvalue weighted by Crippen LogP contribution is 2.21. The van der Waals surface area contributed by atoms with Gasteiger partial charge < -0.3 is 25.4 Å². The molecule has 1 saturated heterocycles. The van der Waals surface area contributed by atoms with Crippen LogP contribution in [0.5, 0.6) is 0 Å². The first-order chi connectivity index (χ1) is 16.4. The fraction of sp³-hybridized carbons (Fsp3) is 0.583. The molecule has 1 amide bonds. The number of carboxylic acids is 1. The number of aromatic nitrogens is 3. The lowest BCUT2D eigenvalue weighted by atomic mass is 10.1. The third-order valence-electron chi connectivity index (χ3n) is 6.41. The van der Waals surface area contributed by atoms with E-state index in [1.54, 1.807) is 4.68 Å². The highest BCUT2D eigenvalue weighted by atomic mass is 16.5. The van der Waals surface area contributed by atoms with Gasteiger partial charge in [-0.05, 0) is 57.2 Å². The summed E-state index contributed by atoms with van der Waals surface area (Å²) in [6.07, 6.45) is 3.52. The van der Waals surface area contributed by atoms with Crippen molar-refractivity contribution in [1.29, 1.82) is 0 Å². The largest absolute Gasteiger partial charge is 0.480 e. The van der Waals surface area contributed by atoms with Crippen LogP contribution < -0.4 is 10.6 Å². The molecule has 34 heavy (non-hydrogen) atoms. The van der Waals surface area contributed by atoms with Crippen LogP contribution in [0.25, 0.3) is 0 Å². The molecule has 0 unspecified atom stereocenters. The van der Waals surface area contributed by atoms with Crippen molar-refractivity contribution in [1.82, 2.24) is 25.0 Å². The quantitative estimate of drug-likeness (QED) is 0.478. The van der Waals surface area contributed by atoms with Crippen LogP contribution >= 0.6 is 0 Å². The minimum absolute atomic E-state index is 0.00926. The Morgan fingerprint density at radius 2 is 2.21 bits per heavy atom.